The van der Waals surface area contributed by atoms with Crippen molar-refractivity contribution >= 4 is 29.7 Å². The summed E-state index contributed by atoms with van der Waals surface area (Å²) >= 11 is 10.6. The van der Waals surface area contributed by atoms with Gasteiger partial charge in [-0.1, -0.05) is 41.9 Å². The maximum absolute atomic E-state index is 11.8. The van der Waals surface area contributed by atoms with Gasteiger partial charge in [-0.2, -0.15) is 0 Å². The number of amides is 1. The molecule has 17 heavy (non-hydrogen) atoms. The van der Waals surface area contributed by atoms with Crippen LogP contribution < -0.4 is 5.32 Å². The van der Waals surface area contributed by atoms with Gasteiger partial charge in [-0.25, -0.2) is 0 Å². The van der Waals surface area contributed by atoms with E-state index in [0.29, 0.717) is 11.3 Å². The number of carbonyl (C=O) groups excluding carboxylic acids is 1. The van der Waals surface area contributed by atoms with E-state index in [4.69, 9.17) is 23.8 Å². The Bertz CT molecular complexity index is 576. The van der Waals surface area contributed by atoms with Gasteiger partial charge < -0.3 is 15.3 Å². The fourth-order valence-electron chi connectivity index (χ4n) is 1.38. The molecule has 0 bridgehead atoms. The van der Waals surface area contributed by atoms with E-state index in [2.05, 4.69) is 15.3 Å². The molecular weight excluding hydrogens is 258 g/mol. The minimum absolute atomic E-state index is 0.223. The molecule has 0 atom stereocenters. The van der Waals surface area contributed by atoms with Crippen LogP contribution >= 0.6 is 23.8 Å². The highest BCUT2D eigenvalue weighted by molar-refractivity contribution is 7.71. The molecule has 4 nitrogen and oxygen atoms in total. The Kier molecular flexibility index (Phi) is 3.61. The number of benzene rings is 1. The van der Waals surface area contributed by atoms with Gasteiger partial charge in [-0.3, -0.25) is 4.79 Å². The first kappa shape index (κ1) is 11.9. The van der Waals surface area contributed by atoms with E-state index in [1.807, 2.05) is 30.3 Å². The van der Waals surface area contributed by atoms with E-state index in [1.165, 1.54) is 0 Å². The van der Waals surface area contributed by atoms with Crippen LogP contribution in [0.15, 0.2) is 30.3 Å². The lowest BCUT2D eigenvalue weighted by molar-refractivity contribution is 0.0946. The third-order valence-corrected chi connectivity index (χ3v) is 2.69. The summed E-state index contributed by atoms with van der Waals surface area (Å²) in [5.41, 5.74) is 1.28. The van der Waals surface area contributed by atoms with E-state index in [-0.39, 0.29) is 16.8 Å². The quantitative estimate of drug-likeness (QED) is 0.749. The van der Waals surface area contributed by atoms with Gasteiger partial charge in [0, 0.05) is 6.54 Å². The van der Waals surface area contributed by atoms with Crippen molar-refractivity contribution in [3.8, 4) is 0 Å². The van der Waals surface area contributed by atoms with Crippen molar-refractivity contribution in [1.82, 2.24) is 15.3 Å². The SMILES string of the molecule is O=C(NCc1ccccc1)c1[nH]c(=S)[nH]c1Cl. The zero-order chi connectivity index (χ0) is 12.3. The number of rotatable bonds is 3. The van der Waals surface area contributed by atoms with Crippen molar-refractivity contribution in [3.63, 3.8) is 0 Å². The highest BCUT2D eigenvalue weighted by atomic mass is 35.5. The lowest BCUT2D eigenvalue weighted by atomic mass is 10.2. The summed E-state index contributed by atoms with van der Waals surface area (Å²) in [7, 11) is 0. The van der Waals surface area contributed by atoms with E-state index in [0.717, 1.165) is 5.56 Å². The van der Waals surface area contributed by atoms with Crippen LogP contribution in [0, 0.1) is 4.77 Å². The largest absolute Gasteiger partial charge is 0.347 e. The first-order valence-corrected chi connectivity index (χ1v) is 5.75. The van der Waals surface area contributed by atoms with Crippen molar-refractivity contribution in [2.75, 3.05) is 0 Å². The van der Waals surface area contributed by atoms with Gasteiger partial charge in [0.1, 0.15) is 10.8 Å². The van der Waals surface area contributed by atoms with Crippen LogP contribution in [0.3, 0.4) is 0 Å². The molecule has 0 spiro atoms. The number of aromatic nitrogens is 2. The predicted octanol–water partition coefficient (Wildman–Crippen LogP) is 2.66. The average Bonchev–Trinajstić information content (AvgIpc) is 2.67. The van der Waals surface area contributed by atoms with Gasteiger partial charge >= 0.3 is 0 Å². The topological polar surface area (TPSA) is 60.7 Å². The second-order valence-electron chi connectivity index (χ2n) is 3.44. The normalized spacial score (nSPS) is 10.2. The lowest BCUT2D eigenvalue weighted by Gasteiger charge is -2.03. The van der Waals surface area contributed by atoms with E-state index < -0.39 is 0 Å². The maximum atomic E-state index is 11.8. The second-order valence-corrected chi connectivity index (χ2v) is 4.22. The summed E-state index contributed by atoms with van der Waals surface area (Å²) in [5, 5.41) is 2.97. The molecule has 0 unspecified atom stereocenters. The van der Waals surface area contributed by atoms with E-state index >= 15 is 0 Å². The molecule has 0 aliphatic carbocycles. The molecule has 0 fully saturated rings. The van der Waals surface area contributed by atoms with Crippen LogP contribution in [0.5, 0.6) is 0 Å². The standard InChI is InChI=1S/C11H10ClN3OS/c12-9-8(14-11(17)15-9)10(16)13-6-7-4-2-1-3-5-7/h1-5H,6H2,(H,13,16)(H2,14,15,17). The highest BCUT2D eigenvalue weighted by Gasteiger charge is 2.12. The van der Waals surface area contributed by atoms with Crippen molar-refractivity contribution in [1.29, 1.82) is 0 Å². The number of H-pyrrole nitrogens is 2. The van der Waals surface area contributed by atoms with Crippen LogP contribution in [0.2, 0.25) is 5.15 Å². The number of aromatic amines is 2. The highest BCUT2D eigenvalue weighted by Crippen LogP contribution is 2.10. The van der Waals surface area contributed by atoms with Gasteiger partial charge in [-0.15, -0.1) is 0 Å². The number of nitrogens with one attached hydrogen (secondary N) is 3. The molecule has 0 aliphatic heterocycles. The molecule has 6 heteroatoms. The molecular formula is C11H10ClN3OS. The molecule has 0 saturated carbocycles. The Labute approximate surface area is 108 Å². The molecule has 3 N–H and O–H groups in total. The number of imidazole rings is 1. The summed E-state index contributed by atoms with van der Waals surface area (Å²) in [6, 6.07) is 9.62. The van der Waals surface area contributed by atoms with Crippen LogP contribution in [0.4, 0.5) is 0 Å². The van der Waals surface area contributed by atoms with Gasteiger partial charge in [-0.05, 0) is 17.8 Å². The maximum Gasteiger partial charge on any atom is 0.271 e. The Balaban J connectivity index is 2.03. The monoisotopic (exact) mass is 267 g/mol. The fourth-order valence-corrected chi connectivity index (χ4v) is 1.87. The molecule has 2 aromatic rings. The zero-order valence-electron chi connectivity index (χ0n) is 8.79. The molecule has 1 aromatic heterocycles. The molecule has 88 valence electrons. The van der Waals surface area contributed by atoms with Gasteiger partial charge in [0.15, 0.2) is 4.77 Å². The average molecular weight is 268 g/mol. The Morgan fingerprint density at radius 2 is 2.00 bits per heavy atom. The first-order chi connectivity index (χ1) is 8.16. The minimum Gasteiger partial charge on any atom is -0.347 e. The van der Waals surface area contributed by atoms with Gasteiger partial charge in [0.25, 0.3) is 5.91 Å². The van der Waals surface area contributed by atoms with Crippen LogP contribution in [-0.4, -0.2) is 15.9 Å². The van der Waals surface area contributed by atoms with Crippen LogP contribution in [0.25, 0.3) is 0 Å². The van der Waals surface area contributed by atoms with Crippen LogP contribution in [0.1, 0.15) is 16.1 Å². The first-order valence-electron chi connectivity index (χ1n) is 4.97. The number of carbonyl (C=O) groups is 1. The van der Waals surface area contributed by atoms with Crippen LogP contribution in [-0.2, 0) is 6.54 Å². The Morgan fingerprint density at radius 3 is 2.59 bits per heavy atom. The number of hydrogen-bond acceptors (Lipinski definition) is 2. The summed E-state index contributed by atoms with van der Waals surface area (Å²) < 4.78 is 0.333. The zero-order valence-corrected chi connectivity index (χ0v) is 10.4. The van der Waals surface area contributed by atoms with Crippen molar-refractivity contribution in [2.45, 2.75) is 6.54 Å². The lowest BCUT2D eigenvalue weighted by Crippen LogP contribution is -2.23. The van der Waals surface area contributed by atoms with Gasteiger partial charge in [0.05, 0.1) is 0 Å². The van der Waals surface area contributed by atoms with E-state index in [1.54, 1.807) is 0 Å². The van der Waals surface area contributed by atoms with Crippen molar-refractivity contribution in [2.24, 2.45) is 0 Å². The van der Waals surface area contributed by atoms with Crippen molar-refractivity contribution < 1.29 is 4.79 Å². The summed E-state index contributed by atoms with van der Waals surface area (Å²) in [5.74, 6) is -0.286. The smallest absolute Gasteiger partial charge is 0.271 e. The fraction of sp³-hybridized carbons (Fsp3) is 0.0909. The molecule has 1 heterocycles. The molecule has 1 amide bonds. The Morgan fingerprint density at radius 1 is 1.29 bits per heavy atom. The summed E-state index contributed by atoms with van der Waals surface area (Å²) in [6.07, 6.45) is 0. The molecule has 1 aromatic carbocycles. The number of halogens is 1. The third-order valence-electron chi connectivity index (χ3n) is 2.20. The predicted molar refractivity (Wildman–Crippen MR) is 68.6 cm³/mol. The molecule has 0 saturated heterocycles. The van der Waals surface area contributed by atoms with Crippen molar-refractivity contribution in [3.05, 3.63) is 51.5 Å². The van der Waals surface area contributed by atoms with E-state index in [9.17, 15) is 4.79 Å². The number of hydrogen-bond donors (Lipinski definition) is 3. The Hall–Kier alpha value is -1.59. The van der Waals surface area contributed by atoms with Gasteiger partial charge in [0.2, 0.25) is 0 Å². The molecule has 0 radical (unpaired) electrons. The summed E-state index contributed by atoms with van der Waals surface area (Å²) in [6.45, 7) is 0.446. The minimum atomic E-state index is -0.286. The third kappa shape index (κ3) is 2.95. The second kappa shape index (κ2) is 5.16. The molecule has 2 rings (SSSR count). The summed E-state index contributed by atoms with van der Waals surface area (Å²) in [4.78, 5) is 17.1. The molecule has 0 aliphatic rings.